The Labute approximate surface area is 313 Å². The number of aliphatic hydroxyl groups is 1. The van der Waals surface area contributed by atoms with Crippen LogP contribution in [0.3, 0.4) is 0 Å². The van der Waals surface area contributed by atoms with E-state index in [-0.39, 0.29) is 47.9 Å². The molecule has 1 N–H and O–H groups in total. The van der Waals surface area contributed by atoms with E-state index < -0.39 is 0 Å². The molecule has 7 heteroatoms. The molecule has 6 rings (SSSR count). The van der Waals surface area contributed by atoms with Crippen molar-refractivity contribution in [2.45, 2.75) is 100 Å². The Morgan fingerprint density at radius 2 is 1.47 bits per heavy atom. The van der Waals surface area contributed by atoms with Gasteiger partial charge in [-0.15, -0.1) is 51.8 Å². The van der Waals surface area contributed by atoms with Gasteiger partial charge in [-0.05, 0) is 49.5 Å². The molecule has 261 valence electrons. The first-order chi connectivity index (χ1) is 22.7. The van der Waals surface area contributed by atoms with E-state index in [9.17, 15) is 9.90 Å². The number of aliphatic hydroxyl groups excluding tert-OH is 1. The van der Waals surface area contributed by atoms with Crippen molar-refractivity contribution in [3.8, 4) is 11.3 Å². The number of carbonyl (C=O) groups is 1. The zero-order chi connectivity index (χ0) is 35.0. The Kier molecular flexibility index (Phi) is 12.0. The molecule has 0 bridgehead atoms. The van der Waals surface area contributed by atoms with Crippen molar-refractivity contribution < 1.29 is 30.0 Å². The fraction of sp³-hybridized carbons (Fsp3) is 0.405. The average Bonchev–Trinajstić information content (AvgIpc) is 3.66. The van der Waals surface area contributed by atoms with Gasteiger partial charge in [0.25, 0.3) is 0 Å². The molecule has 0 spiro atoms. The summed E-state index contributed by atoms with van der Waals surface area (Å²) in [5.41, 5.74) is 3.80. The first-order valence-electron chi connectivity index (χ1n) is 17.2. The second kappa shape index (κ2) is 15.1. The Balaban J connectivity index is 0.000000260. The number of carbonyl (C=O) groups excluding carboxylic acids is 1. The normalized spacial score (nSPS) is 12.7. The molecule has 3 heterocycles. The molecule has 0 saturated heterocycles. The Bertz CT molecular complexity index is 2140. The summed E-state index contributed by atoms with van der Waals surface area (Å²) in [6.07, 6.45) is 6.46. The molecule has 0 saturated carbocycles. The van der Waals surface area contributed by atoms with Gasteiger partial charge in [0.05, 0.1) is 14.9 Å². The van der Waals surface area contributed by atoms with E-state index in [0.717, 1.165) is 52.5 Å². The second-order valence-electron chi connectivity index (χ2n) is 14.5. The van der Waals surface area contributed by atoms with Gasteiger partial charge in [0.1, 0.15) is 12.1 Å². The Morgan fingerprint density at radius 3 is 2.10 bits per heavy atom. The number of nitrogens with zero attached hydrogens (tertiary/aromatic N) is 2. The van der Waals surface area contributed by atoms with Crippen LogP contribution in [0.15, 0.2) is 66.7 Å². The summed E-state index contributed by atoms with van der Waals surface area (Å²) in [6.45, 7) is 21.1. The van der Waals surface area contributed by atoms with Crippen LogP contribution in [0.1, 0.15) is 98.4 Å². The van der Waals surface area contributed by atoms with Crippen LogP contribution in [0.5, 0.6) is 0 Å². The molecule has 1 radical (unpaired) electrons. The zero-order valence-corrected chi connectivity index (χ0v) is 34.5. The van der Waals surface area contributed by atoms with Gasteiger partial charge in [-0.3, -0.25) is 9.78 Å². The predicted molar refractivity (Wildman–Crippen MR) is 209 cm³/mol. The summed E-state index contributed by atoms with van der Waals surface area (Å²) in [6, 6.07) is 21.2. The maximum atomic E-state index is 12.2. The molecule has 0 aliphatic rings. The smallest absolute Gasteiger partial charge is 0.164 e. The number of hydrogen-bond donors (Lipinski definition) is 1. The zero-order valence-electron chi connectivity index (χ0n) is 30.5. The molecule has 3 aromatic heterocycles. The van der Waals surface area contributed by atoms with Crippen LogP contribution < -0.4 is 0 Å². The maximum Gasteiger partial charge on any atom is 0.164 e. The maximum absolute atomic E-state index is 12.2. The molecule has 0 amide bonds. The molecule has 0 aliphatic heterocycles. The van der Waals surface area contributed by atoms with Gasteiger partial charge in [-0.1, -0.05) is 104 Å². The Morgan fingerprint density at radius 1 is 0.816 bits per heavy atom. The SMILES string of the molecule is CCC(C)(CC)C(=O)/C=C(\O)C(C)(CC)CC.Cc1cc2ccc3c4ncnc(-c5[c-]c6ccccc6c(C(C)(C)C)c5)c4sc3c2s1.[Ir]. The minimum atomic E-state index is -0.337. The first kappa shape index (κ1) is 38.8. The fourth-order valence-corrected chi connectivity index (χ4v) is 8.53. The minimum absolute atomic E-state index is 0. The van der Waals surface area contributed by atoms with Crippen LogP contribution in [0, 0.1) is 23.8 Å². The van der Waals surface area contributed by atoms with Crippen molar-refractivity contribution in [2.24, 2.45) is 10.8 Å². The molecule has 4 nitrogen and oxygen atoms in total. The summed E-state index contributed by atoms with van der Waals surface area (Å²) in [5.74, 6) is 0.286. The number of aryl methyl sites for hydroxylation is 1. The van der Waals surface area contributed by atoms with Crippen LogP contribution in [0.25, 0.3) is 52.4 Å². The molecular weight excluding hydrogens is 821 g/mol. The summed E-state index contributed by atoms with van der Waals surface area (Å²) in [5, 5.41) is 15.1. The van der Waals surface area contributed by atoms with Gasteiger partial charge in [0.2, 0.25) is 0 Å². The van der Waals surface area contributed by atoms with E-state index in [0.29, 0.717) is 0 Å². The summed E-state index contributed by atoms with van der Waals surface area (Å²) in [7, 11) is 0. The van der Waals surface area contributed by atoms with E-state index >= 15 is 0 Å². The van der Waals surface area contributed by atoms with Crippen LogP contribution in [0.2, 0.25) is 0 Å². The summed E-state index contributed by atoms with van der Waals surface area (Å²) in [4.78, 5) is 23.0. The van der Waals surface area contributed by atoms with Crippen LogP contribution in [0.4, 0.5) is 0 Å². The van der Waals surface area contributed by atoms with Gasteiger partial charge in [-0.25, -0.2) is 4.98 Å². The number of aromatic nitrogens is 2. The third-order valence-electron chi connectivity index (χ3n) is 10.5. The van der Waals surface area contributed by atoms with Crippen molar-refractivity contribution in [1.29, 1.82) is 0 Å². The van der Waals surface area contributed by atoms with Crippen molar-refractivity contribution >= 4 is 69.6 Å². The second-order valence-corrected chi connectivity index (χ2v) is 16.8. The Hall–Kier alpha value is -2.96. The number of ketones is 1. The van der Waals surface area contributed by atoms with Crippen LogP contribution in [-0.4, -0.2) is 20.9 Å². The molecule has 49 heavy (non-hydrogen) atoms. The number of allylic oxidation sites excluding steroid dienone is 2. The van der Waals surface area contributed by atoms with E-state index in [4.69, 9.17) is 9.97 Å². The van der Waals surface area contributed by atoms with Crippen molar-refractivity contribution in [3.63, 3.8) is 0 Å². The van der Waals surface area contributed by atoms with Crippen molar-refractivity contribution in [2.75, 3.05) is 0 Å². The molecular formula is C42H49IrN2O2S2-. The molecule has 0 atom stereocenters. The average molecular weight is 870 g/mol. The van der Waals surface area contributed by atoms with Crippen LogP contribution >= 0.6 is 22.7 Å². The fourth-order valence-electron chi connectivity index (χ4n) is 6.11. The first-order valence-corrected chi connectivity index (χ1v) is 18.8. The quantitative estimate of drug-likeness (QED) is 0.0940. The molecule has 0 aliphatic carbocycles. The van der Waals surface area contributed by atoms with Crippen LogP contribution in [-0.2, 0) is 30.3 Å². The monoisotopic (exact) mass is 870 g/mol. The van der Waals surface area contributed by atoms with Crippen molar-refractivity contribution in [1.82, 2.24) is 9.97 Å². The number of rotatable bonds is 8. The number of fused-ring (bicyclic) bond motifs is 6. The molecule has 6 aromatic rings. The van der Waals surface area contributed by atoms with Gasteiger partial charge < -0.3 is 5.11 Å². The van der Waals surface area contributed by atoms with E-state index in [1.165, 1.54) is 42.1 Å². The number of hydrogen-bond acceptors (Lipinski definition) is 6. The largest absolute Gasteiger partial charge is 0.512 e. The minimum Gasteiger partial charge on any atom is -0.512 e. The number of thiophene rings is 2. The van der Waals surface area contributed by atoms with E-state index in [2.05, 4.69) is 82.3 Å². The van der Waals surface area contributed by atoms with Gasteiger partial charge in [0, 0.05) is 57.7 Å². The van der Waals surface area contributed by atoms with Gasteiger partial charge in [0.15, 0.2) is 5.78 Å². The van der Waals surface area contributed by atoms with Gasteiger partial charge in [-0.2, -0.15) is 0 Å². The standard InChI is InChI=1S/C27H21N2S2.C15H28O2.Ir/c1-15-11-17-9-10-20-23-26(31-25(20)24(17)30-15)22(28-14-29-23)18-12-16-7-5-6-8-19(16)21(13-18)27(2,3)4;1-7-14(5,8-2)12(16)11-13(17)15(6,9-3)10-4;/h5-11,13-14H,1-4H3;11,16H,7-10H2,1-6H3;/q-1;;/b;12-11-;. The van der Waals surface area contributed by atoms with Gasteiger partial charge >= 0.3 is 0 Å². The van der Waals surface area contributed by atoms with E-state index in [1.807, 2.05) is 64.2 Å². The third kappa shape index (κ3) is 7.56. The summed E-state index contributed by atoms with van der Waals surface area (Å²) < 4.78 is 3.80. The molecule has 3 aromatic carbocycles. The topological polar surface area (TPSA) is 63.1 Å². The van der Waals surface area contributed by atoms with E-state index in [1.54, 1.807) is 6.33 Å². The van der Waals surface area contributed by atoms with Crippen molar-refractivity contribution in [3.05, 3.63) is 83.2 Å². The third-order valence-corrected chi connectivity index (χ3v) is 12.9. The predicted octanol–water partition coefficient (Wildman–Crippen LogP) is 12.9. The summed E-state index contributed by atoms with van der Waals surface area (Å²) >= 11 is 3.67. The molecule has 0 fully saturated rings. The molecule has 0 unspecified atom stereocenters. The number of benzene rings is 3.